The number of unbranched alkanes of at least 4 members (excludes halogenated alkanes) is 1. The second-order valence-electron chi connectivity index (χ2n) is 6.28. The molecular weight excluding hydrogens is 413 g/mol. The smallest absolute Gasteiger partial charge is 0.193 e. The van der Waals surface area contributed by atoms with Crippen molar-refractivity contribution in [3.05, 3.63) is 24.4 Å². The van der Waals surface area contributed by atoms with Crippen molar-refractivity contribution in [3.8, 4) is 0 Å². The maximum atomic E-state index is 4.80. The summed E-state index contributed by atoms with van der Waals surface area (Å²) in [5, 5.41) is 6.78. The molecule has 1 atom stereocenters. The van der Waals surface area contributed by atoms with Gasteiger partial charge in [0.1, 0.15) is 5.82 Å². The second kappa shape index (κ2) is 12.3. The molecule has 0 spiro atoms. The molecule has 0 aliphatic carbocycles. The molecule has 1 aliphatic rings. The van der Waals surface area contributed by atoms with Gasteiger partial charge in [-0.1, -0.05) is 13.0 Å². The highest BCUT2D eigenvalue weighted by molar-refractivity contribution is 14.0. The van der Waals surface area contributed by atoms with Crippen molar-refractivity contribution in [1.82, 2.24) is 15.2 Å². The molecule has 1 aromatic heterocycles. The van der Waals surface area contributed by atoms with Crippen molar-refractivity contribution >= 4 is 35.8 Å². The lowest BCUT2D eigenvalue weighted by molar-refractivity contribution is 0.266. The molecule has 5 nitrogen and oxygen atoms in total. The van der Waals surface area contributed by atoms with Gasteiger partial charge in [0.05, 0.1) is 0 Å². The second-order valence-corrected chi connectivity index (χ2v) is 6.28. The summed E-state index contributed by atoms with van der Waals surface area (Å²) in [5.41, 5.74) is 0. The number of rotatable bonds is 7. The average Bonchev–Trinajstić information content (AvgIpc) is 2.58. The Morgan fingerprint density at radius 1 is 1.38 bits per heavy atom. The predicted octanol–water partition coefficient (Wildman–Crippen LogP) is 3.59. The van der Waals surface area contributed by atoms with Gasteiger partial charge in [0.2, 0.25) is 0 Å². The number of guanidine groups is 1. The Morgan fingerprint density at radius 3 is 2.96 bits per heavy atom. The van der Waals surface area contributed by atoms with Crippen LogP contribution < -0.4 is 10.6 Å². The number of hydrogen-bond acceptors (Lipinski definition) is 3. The van der Waals surface area contributed by atoms with Gasteiger partial charge < -0.3 is 15.5 Å². The number of nitrogens with one attached hydrogen (secondary N) is 2. The summed E-state index contributed by atoms with van der Waals surface area (Å²) >= 11 is 0. The number of aliphatic imine (C=N–C) groups is 1. The van der Waals surface area contributed by atoms with E-state index in [0.717, 1.165) is 63.3 Å². The molecule has 0 bridgehead atoms. The first-order valence-electron chi connectivity index (χ1n) is 8.97. The van der Waals surface area contributed by atoms with Gasteiger partial charge in [0.25, 0.3) is 0 Å². The maximum absolute atomic E-state index is 4.80. The Bertz CT molecular complexity index is 466. The molecule has 1 aromatic rings. The van der Waals surface area contributed by atoms with Crippen LogP contribution in [0.5, 0.6) is 0 Å². The van der Waals surface area contributed by atoms with E-state index in [1.54, 1.807) is 0 Å². The molecule has 24 heavy (non-hydrogen) atoms. The van der Waals surface area contributed by atoms with E-state index in [-0.39, 0.29) is 24.0 Å². The standard InChI is InChI=1S/C18H31N5.HI/c1-3-19-18(23-14-8-9-16(2)15-23)22-13-7-6-12-21-17-10-4-5-11-20-17;/h4-5,10-11,16H,3,6-9,12-15H2,1-2H3,(H,19,22)(H,20,21);1H. The number of likely N-dealkylation sites (tertiary alicyclic amines) is 1. The third-order valence-electron chi connectivity index (χ3n) is 4.11. The van der Waals surface area contributed by atoms with Crippen LogP contribution in [0.15, 0.2) is 29.4 Å². The van der Waals surface area contributed by atoms with Crippen LogP contribution in [0, 0.1) is 5.92 Å². The quantitative estimate of drug-likeness (QED) is 0.292. The van der Waals surface area contributed by atoms with Gasteiger partial charge in [-0.25, -0.2) is 4.98 Å². The third kappa shape index (κ3) is 7.68. The molecule has 6 heteroatoms. The molecule has 0 radical (unpaired) electrons. The minimum absolute atomic E-state index is 0. The van der Waals surface area contributed by atoms with Gasteiger partial charge in [-0.05, 0) is 50.7 Å². The van der Waals surface area contributed by atoms with E-state index in [9.17, 15) is 0 Å². The highest BCUT2D eigenvalue weighted by atomic mass is 127. The Labute approximate surface area is 163 Å². The summed E-state index contributed by atoms with van der Waals surface area (Å²) in [6, 6.07) is 5.94. The monoisotopic (exact) mass is 445 g/mol. The fraction of sp³-hybridized carbons (Fsp3) is 0.667. The number of halogens is 1. The average molecular weight is 445 g/mol. The largest absolute Gasteiger partial charge is 0.370 e. The van der Waals surface area contributed by atoms with Crippen LogP contribution in [0.4, 0.5) is 5.82 Å². The number of hydrogen-bond donors (Lipinski definition) is 2. The lowest BCUT2D eigenvalue weighted by Crippen LogP contribution is -2.46. The summed E-state index contributed by atoms with van der Waals surface area (Å²) in [6.45, 7) is 9.51. The molecule has 0 saturated carbocycles. The molecule has 1 saturated heterocycles. The van der Waals surface area contributed by atoms with Gasteiger partial charge in [0, 0.05) is 38.9 Å². The van der Waals surface area contributed by atoms with Gasteiger partial charge in [-0.15, -0.1) is 24.0 Å². The lowest BCUT2D eigenvalue weighted by atomic mass is 10.0. The summed E-state index contributed by atoms with van der Waals surface area (Å²) in [5.74, 6) is 2.82. The van der Waals surface area contributed by atoms with Crippen LogP contribution in [0.2, 0.25) is 0 Å². The molecule has 0 amide bonds. The first-order chi connectivity index (χ1) is 11.3. The Morgan fingerprint density at radius 2 is 2.25 bits per heavy atom. The summed E-state index contributed by atoms with van der Waals surface area (Å²) < 4.78 is 0. The van der Waals surface area contributed by atoms with Crippen LogP contribution in [0.1, 0.15) is 39.5 Å². The Balaban J connectivity index is 0.00000288. The number of aromatic nitrogens is 1. The van der Waals surface area contributed by atoms with Crippen molar-refractivity contribution in [2.45, 2.75) is 39.5 Å². The van der Waals surface area contributed by atoms with E-state index in [0.29, 0.717) is 0 Å². The van der Waals surface area contributed by atoms with E-state index in [1.165, 1.54) is 12.8 Å². The van der Waals surface area contributed by atoms with Gasteiger partial charge in [-0.3, -0.25) is 4.99 Å². The first kappa shape index (κ1) is 21.0. The van der Waals surface area contributed by atoms with Crippen molar-refractivity contribution < 1.29 is 0 Å². The predicted molar refractivity (Wildman–Crippen MR) is 113 cm³/mol. The number of anilines is 1. The van der Waals surface area contributed by atoms with Gasteiger partial charge in [-0.2, -0.15) is 0 Å². The minimum Gasteiger partial charge on any atom is -0.370 e. The number of piperidine rings is 1. The van der Waals surface area contributed by atoms with Crippen LogP contribution in [0.25, 0.3) is 0 Å². The number of pyridine rings is 1. The molecule has 2 N–H and O–H groups in total. The summed E-state index contributed by atoms with van der Waals surface area (Å²) in [6.07, 6.45) is 6.64. The van der Waals surface area contributed by atoms with Gasteiger partial charge >= 0.3 is 0 Å². The molecule has 1 fully saturated rings. The van der Waals surface area contributed by atoms with E-state index < -0.39 is 0 Å². The molecule has 1 unspecified atom stereocenters. The van der Waals surface area contributed by atoms with Crippen molar-refractivity contribution in [2.75, 3.05) is 38.0 Å². The maximum Gasteiger partial charge on any atom is 0.193 e. The Hall–Kier alpha value is -1.05. The zero-order chi connectivity index (χ0) is 16.3. The van der Waals surface area contributed by atoms with Crippen LogP contribution in [-0.4, -0.2) is 48.6 Å². The van der Waals surface area contributed by atoms with Crippen molar-refractivity contribution in [1.29, 1.82) is 0 Å². The first-order valence-corrected chi connectivity index (χ1v) is 8.97. The lowest BCUT2D eigenvalue weighted by Gasteiger charge is -2.33. The summed E-state index contributed by atoms with van der Waals surface area (Å²) in [4.78, 5) is 11.5. The van der Waals surface area contributed by atoms with Crippen molar-refractivity contribution in [3.63, 3.8) is 0 Å². The van der Waals surface area contributed by atoms with E-state index >= 15 is 0 Å². The zero-order valence-electron chi connectivity index (χ0n) is 15.0. The van der Waals surface area contributed by atoms with E-state index in [1.807, 2.05) is 24.4 Å². The fourth-order valence-corrected chi connectivity index (χ4v) is 2.91. The summed E-state index contributed by atoms with van der Waals surface area (Å²) in [7, 11) is 0. The molecule has 2 rings (SSSR count). The molecular formula is C18H32IN5. The van der Waals surface area contributed by atoms with Crippen LogP contribution in [-0.2, 0) is 0 Å². The van der Waals surface area contributed by atoms with Crippen LogP contribution >= 0.6 is 24.0 Å². The van der Waals surface area contributed by atoms with E-state index in [2.05, 4.69) is 34.4 Å². The fourth-order valence-electron chi connectivity index (χ4n) is 2.91. The van der Waals surface area contributed by atoms with Crippen molar-refractivity contribution in [2.24, 2.45) is 10.9 Å². The molecule has 2 heterocycles. The number of nitrogens with zero attached hydrogens (tertiary/aromatic N) is 3. The zero-order valence-corrected chi connectivity index (χ0v) is 17.3. The van der Waals surface area contributed by atoms with E-state index in [4.69, 9.17) is 4.99 Å². The SMILES string of the molecule is CCNC(=NCCCCNc1ccccn1)N1CCCC(C)C1.I. The minimum atomic E-state index is 0. The molecule has 1 aliphatic heterocycles. The van der Waals surface area contributed by atoms with Gasteiger partial charge in [0.15, 0.2) is 5.96 Å². The molecule has 0 aromatic carbocycles. The Kier molecular flexibility index (Phi) is 10.8. The van der Waals surface area contributed by atoms with Crippen LogP contribution in [0.3, 0.4) is 0 Å². The topological polar surface area (TPSA) is 52.6 Å². The molecule has 136 valence electrons. The normalized spacial score (nSPS) is 18.0. The highest BCUT2D eigenvalue weighted by Gasteiger charge is 2.18. The highest BCUT2D eigenvalue weighted by Crippen LogP contribution is 2.15. The third-order valence-corrected chi connectivity index (χ3v) is 4.11.